The second kappa shape index (κ2) is 6.38. The molecule has 6 heteroatoms. The van der Waals surface area contributed by atoms with Crippen LogP contribution in [0.4, 0.5) is 0 Å². The molecule has 0 unspecified atom stereocenters. The summed E-state index contributed by atoms with van der Waals surface area (Å²) in [5, 5.41) is 10.9. The number of rotatable bonds is 6. The molecular formula is C7H15N3O3. The minimum absolute atomic E-state index is 0.180. The van der Waals surface area contributed by atoms with Gasteiger partial charge in [0.15, 0.2) is 0 Å². The second-order valence-corrected chi connectivity index (χ2v) is 2.62. The zero-order chi connectivity index (χ0) is 10.3. The highest BCUT2D eigenvalue weighted by molar-refractivity contribution is 5.76. The number of carbonyl (C=O) groups excluding carboxylic acids is 1. The first-order chi connectivity index (χ1) is 6.07. The first-order valence-electron chi connectivity index (χ1n) is 4.03. The van der Waals surface area contributed by atoms with Crippen LogP contribution >= 0.6 is 0 Å². The molecule has 0 aromatic rings. The lowest BCUT2D eigenvalue weighted by Crippen LogP contribution is -2.35. The second-order valence-electron chi connectivity index (χ2n) is 2.62. The van der Waals surface area contributed by atoms with Crippen molar-refractivity contribution < 1.29 is 14.7 Å². The summed E-state index contributed by atoms with van der Waals surface area (Å²) in [5.74, 6) is -1.24. The van der Waals surface area contributed by atoms with Gasteiger partial charge in [0.2, 0.25) is 5.91 Å². The fourth-order valence-electron chi connectivity index (χ4n) is 0.710. The molecule has 0 spiro atoms. The van der Waals surface area contributed by atoms with Crippen LogP contribution in [-0.2, 0) is 9.59 Å². The number of carboxylic acids is 1. The Morgan fingerprint density at radius 3 is 2.54 bits per heavy atom. The minimum Gasteiger partial charge on any atom is -0.480 e. The molecule has 0 saturated carbocycles. The molecule has 0 aromatic heterocycles. The highest BCUT2D eigenvalue weighted by atomic mass is 16.4. The summed E-state index contributed by atoms with van der Waals surface area (Å²) in [4.78, 5) is 21.1. The maximum absolute atomic E-state index is 10.8. The van der Waals surface area contributed by atoms with Gasteiger partial charge in [-0.1, -0.05) is 0 Å². The Bertz CT molecular complexity index is 184. The predicted molar refractivity (Wildman–Crippen MR) is 46.9 cm³/mol. The number of hydrogen-bond donors (Lipinski definition) is 4. The van der Waals surface area contributed by atoms with Gasteiger partial charge >= 0.3 is 5.97 Å². The van der Waals surface area contributed by atoms with E-state index in [1.165, 1.54) is 0 Å². The largest absolute Gasteiger partial charge is 0.480 e. The standard InChI is InChI=1S/C7H15N3O3/c8-3-1-6(11)10-4-2-5(9)7(12)13/h5H,1-4,8-9H2,(H,10,11)(H,12,13)/t5-/m1/s1. The van der Waals surface area contributed by atoms with Crippen molar-refractivity contribution in [1.29, 1.82) is 0 Å². The molecule has 0 aliphatic carbocycles. The molecule has 1 amide bonds. The zero-order valence-electron chi connectivity index (χ0n) is 7.32. The van der Waals surface area contributed by atoms with Crippen LogP contribution in [0.3, 0.4) is 0 Å². The molecule has 0 aromatic carbocycles. The summed E-state index contributed by atoms with van der Waals surface area (Å²) in [7, 11) is 0. The molecule has 13 heavy (non-hydrogen) atoms. The van der Waals surface area contributed by atoms with Gasteiger partial charge in [-0.25, -0.2) is 0 Å². The molecule has 0 aliphatic heterocycles. The molecule has 1 atom stereocenters. The van der Waals surface area contributed by atoms with Crippen molar-refractivity contribution in [1.82, 2.24) is 5.32 Å². The van der Waals surface area contributed by atoms with Crippen LogP contribution in [0.1, 0.15) is 12.8 Å². The Morgan fingerprint density at radius 2 is 2.08 bits per heavy atom. The van der Waals surface area contributed by atoms with E-state index in [-0.39, 0.29) is 31.8 Å². The van der Waals surface area contributed by atoms with Gasteiger partial charge in [-0.15, -0.1) is 0 Å². The monoisotopic (exact) mass is 189 g/mol. The summed E-state index contributed by atoms with van der Waals surface area (Å²) in [6.07, 6.45) is 0.480. The van der Waals surface area contributed by atoms with Crippen molar-refractivity contribution in [3.8, 4) is 0 Å². The summed E-state index contributed by atoms with van der Waals surface area (Å²) in [5.41, 5.74) is 10.3. The van der Waals surface area contributed by atoms with Gasteiger partial charge in [0.1, 0.15) is 6.04 Å². The van der Waals surface area contributed by atoms with Crippen molar-refractivity contribution in [2.75, 3.05) is 13.1 Å². The third-order valence-electron chi connectivity index (χ3n) is 1.47. The molecule has 0 fully saturated rings. The normalized spacial score (nSPS) is 12.2. The van der Waals surface area contributed by atoms with Crippen LogP contribution in [0.25, 0.3) is 0 Å². The SMILES string of the molecule is NCCC(=O)NCC[C@@H](N)C(=O)O. The number of amides is 1. The van der Waals surface area contributed by atoms with Gasteiger partial charge in [0.25, 0.3) is 0 Å². The Kier molecular flexibility index (Phi) is 5.82. The number of nitrogens with one attached hydrogen (secondary N) is 1. The molecule has 0 aliphatic rings. The van der Waals surface area contributed by atoms with E-state index in [1.54, 1.807) is 0 Å². The lowest BCUT2D eigenvalue weighted by atomic mass is 10.2. The van der Waals surface area contributed by atoms with Crippen LogP contribution in [0, 0.1) is 0 Å². The van der Waals surface area contributed by atoms with Crippen molar-refractivity contribution in [2.45, 2.75) is 18.9 Å². The third kappa shape index (κ3) is 6.06. The fourth-order valence-corrected chi connectivity index (χ4v) is 0.710. The molecular weight excluding hydrogens is 174 g/mol. The Labute approximate surface area is 76.3 Å². The Hall–Kier alpha value is -1.14. The van der Waals surface area contributed by atoms with Crippen molar-refractivity contribution in [3.63, 3.8) is 0 Å². The molecule has 0 radical (unpaired) electrons. The van der Waals surface area contributed by atoms with Crippen molar-refractivity contribution in [3.05, 3.63) is 0 Å². The molecule has 0 saturated heterocycles. The minimum atomic E-state index is -1.06. The van der Waals surface area contributed by atoms with E-state index in [2.05, 4.69) is 5.32 Å². The van der Waals surface area contributed by atoms with Crippen LogP contribution in [0.2, 0.25) is 0 Å². The van der Waals surface area contributed by atoms with E-state index in [4.69, 9.17) is 16.6 Å². The van der Waals surface area contributed by atoms with Crippen molar-refractivity contribution >= 4 is 11.9 Å². The van der Waals surface area contributed by atoms with Crippen LogP contribution in [-0.4, -0.2) is 36.1 Å². The number of aliphatic carboxylic acids is 1. The molecule has 6 N–H and O–H groups in total. The topological polar surface area (TPSA) is 118 Å². The lowest BCUT2D eigenvalue weighted by molar-refractivity contribution is -0.138. The highest BCUT2D eigenvalue weighted by Crippen LogP contribution is 1.86. The fraction of sp³-hybridized carbons (Fsp3) is 0.714. The van der Waals surface area contributed by atoms with E-state index in [9.17, 15) is 9.59 Å². The van der Waals surface area contributed by atoms with Gasteiger partial charge < -0.3 is 21.9 Å². The van der Waals surface area contributed by atoms with E-state index in [1.807, 2.05) is 0 Å². The van der Waals surface area contributed by atoms with Gasteiger partial charge in [-0.3, -0.25) is 9.59 Å². The number of carboxylic acid groups (broad SMARTS) is 1. The first kappa shape index (κ1) is 11.9. The number of nitrogens with two attached hydrogens (primary N) is 2. The predicted octanol–water partition coefficient (Wildman–Crippen LogP) is -1.75. The first-order valence-corrected chi connectivity index (χ1v) is 4.03. The molecule has 6 nitrogen and oxygen atoms in total. The van der Waals surface area contributed by atoms with Crippen LogP contribution in [0.15, 0.2) is 0 Å². The summed E-state index contributed by atoms with van der Waals surface area (Å²) >= 11 is 0. The smallest absolute Gasteiger partial charge is 0.320 e. The van der Waals surface area contributed by atoms with E-state index < -0.39 is 12.0 Å². The number of hydrogen-bond acceptors (Lipinski definition) is 4. The Morgan fingerprint density at radius 1 is 1.46 bits per heavy atom. The molecule has 0 rings (SSSR count). The van der Waals surface area contributed by atoms with Crippen LogP contribution in [0.5, 0.6) is 0 Å². The Balaban J connectivity index is 3.44. The molecule has 0 heterocycles. The quantitative estimate of drug-likeness (QED) is 0.395. The van der Waals surface area contributed by atoms with Crippen LogP contribution < -0.4 is 16.8 Å². The summed E-state index contributed by atoms with van der Waals surface area (Å²) in [6.45, 7) is 0.559. The van der Waals surface area contributed by atoms with E-state index >= 15 is 0 Å². The summed E-state index contributed by atoms with van der Waals surface area (Å²) in [6, 6.07) is -0.918. The molecule has 76 valence electrons. The van der Waals surface area contributed by atoms with Gasteiger partial charge in [-0.05, 0) is 6.42 Å². The van der Waals surface area contributed by atoms with Gasteiger partial charge in [0.05, 0.1) is 0 Å². The lowest BCUT2D eigenvalue weighted by Gasteiger charge is -2.06. The van der Waals surface area contributed by atoms with E-state index in [0.717, 1.165) is 0 Å². The number of carbonyl (C=O) groups is 2. The third-order valence-corrected chi connectivity index (χ3v) is 1.47. The molecule has 0 bridgehead atoms. The van der Waals surface area contributed by atoms with Crippen molar-refractivity contribution in [2.24, 2.45) is 11.5 Å². The summed E-state index contributed by atoms with van der Waals surface area (Å²) < 4.78 is 0. The van der Waals surface area contributed by atoms with E-state index in [0.29, 0.717) is 0 Å². The maximum atomic E-state index is 10.8. The maximum Gasteiger partial charge on any atom is 0.320 e. The average Bonchev–Trinajstić information content (AvgIpc) is 2.04. The van der Waals surface area contributed by atoms with Gasteiger partial charge in [-0.2, -0.15) is 0 Å². The average molecular weight is 189 g/mol. The highest BCUT2D eigenvalue weighted by Gasteiger charge is 2.10. The van der Waals surface area contributed by atoms with Gasteiger partial charge in [0, 0.05) is 19.5 Å². The zero-order valence-corrected chi connectivity index (χ0v) is 7.32.